The number of hydrogen-bond acceptors (Lipinski definition) is 6. The van der Waals surface area contributed by atoms with Crippen LogP contribution in [0.1, 0.15) is 47.0 Å². The summed E-state index contributed by atoms with van der Waals surface area (Å²) in [5.74, 6) is -1.91. The van der Waals surface area contributed by atoms with Crippen molar-refractivity contribution in [2.75, 3.05) is 6.61 Å². The van der Waals surface area contributed by atoms with Crippen molar-refractivity contribution < 1.29 is 28.9 Å². The molecule has 3 heterocycles. The molecule has 141 valence electrons. The highest BCUT2D eigenvalue weighted by Gasteiger charge is 2.49. The molecule has 0 spiro atoms. The highest BCUT2D eigenvalue weighted by molar-refractivity contribution is 5.96. The van der Waals surface area contributed by atoms with Crippen molar-refractivity contribution in [1.29, 1.82) is 0 Å². The Labute approximate surface area is 153 Å². The van der Waals surface area contributed by atoms with E-state index in [0.29, 0.717) is 41.7 Å². The molecule has 3 rings (SSSR count). The minimum Gasteiger partial charge on any atom is -0.457 e. The molecule has 26 heavy (non-hydrogen) atoms. The van der Waals surface area contributed by atoms with Crippen molar-refractivity contribution in [1.82, 2.24) is 0 Å². The van der Waals surface area contributed by atoms with Crippen LogP contribution in [0.3, 0.4) is 0 Å². The molecule has 0 saturated carbocycles. The zero-order valence-electron chi connectivity index (χ0n) is 15.6. The highest BCUT2D eigenvalue weighted by atomic mass is 16.6. The Morgan fingerprint density at radius 2 is 2.19 bits per heavy atom. The normalized spacial score (nSPS) is 36.5. The SMILES string of the molecule is C/C=C(\C)C(=O)OCC1=C2[CH]C[C@@H](C)C3(O)CCC(C)(/C=C\2OC1=O)O3. The van der Waals surface area contributed by atoms with Gasteiger partial charge in [-0.05, 0) is 46.1 Å². The Morgan fingerprint density at radius 1 is 1.46 bits per heavy atom. The third-order valence-corrected chi connectivity index (χ3v) is 5.41. The summed E-state index contributed by atoms with van der Waals surface area (Å²) in [5, 5.41) is 10.8. The Kier molecular flexibility index (Phi) is 4.84. The molecule has 1 saturated heterocycles. The first-order valence-electron chi connectivity index (χ1n) is 8.92. The molecule has 0 aromatic heterocycles. The zero-order chi connectivity index (χ0) is 19.1. The molecule has 3 aliphatic heterocycles. The number of aliphatic hydroxyl groups is 1. The molecule has 6 nitrogen and oxygen atoms in total. The lowest BCUT2D eigenvalue weighted by molar-refractivity contribution is -0.235. The molecule has 1 radical (unpaired) electrons. The summed E-state index contributed by atoms with van der Waals surface area (Å²) in [6.45, 7) is 7.04. The van der Waals surface area contributed by atoms with Gasteiger partial charge in [-0.1, -0.05) is 13.0 Å². The molecule has 1 fully saturated rings. The van der Waals surface area contributed by atoms with Crippen LogP contribution in [0.4, 0.5) is 0 Å². The van der Waals surface area contributed by atoms with Gasteiger partial charge in [0.15, 0.2) is 5.79 Å². The number of fused-ring (bicyclic) bond motifs is 3. The van der Waals surface area contributed by atoms with Gasteiger partial charge in [0.1, 0.15) is 12.4 Å². The summed E-state index contributed by atoms with van der Waals surface area (Å²) < 4.78 is 16.6. The van der Waals surface area contributed by atoms with Crippen molar-refractivity contribution in [2.45, 2.75) is 58.3 Å². The minimum absolute atomic E-state index is 0.144. The third-order valence-electron chi connectivity index (χ3n) is 5.41. The molecule has 2 unspecified atom stereocenters. The molecule has 0 amide bonds. The molecule has 0 aromatic rings. The minimum atomic E-state index is -1.19. The van der Waals surface area contributed by atoms with Gasteiger partial charge in [0, 0.05) is 23.5 Å². The van der Waals surface area contributed by atoms with E-state index in [9.17, 15) is 14.7 Å². The van der Waals surface area contributed by atoms with Crippen LogP contribution >= 0.6 is 0 Å². The van der Waals surface area contributed by atoms with Crippen LogP contribution in [-0.2, 0) is 23.8 Å². The number of carbonyl (C=O) groups is 2. The average Bonchev–Trinajstić information content (AvgIpc) is 3.06. The van der Waals surface area contributed by atoms with Gasteiger partial charge in [-0.2, -0.15) is 0 Å². The maximum atomic E-state index is 12.3. The van der Waals surface area contributed by atoms with Crippen LogP contribution in [0, 0.1) is 12.3 Å². The molecule has 3 atom stereocenters. The Bertz CT molecular complexity index is 731. The van der Waals surface area contributed by atoms with Gasteiger partial charge in [-0.25, -0.2) is 9.59 Å². The van der Waals surface area contributed by atoms with Crippen LogP contribution in [0.25, 0.3) is 0 Å². The second kappa shape index (κ2) is 6.67. The van der Waals surface area contributed by atoms with E-state index in [-0.39, 0.29) is 12.5 Å². The van der Waals surface area contributed by atoms with Crippen LogP contribution < -0.4 is 0 Å². The maximum absolute atomic E-state index is 12.3. The van der Waals surface area contributed by atoms with Crippen LogP contribution in [0.5, 0.6) is 0 Å². The number of rotatable bonds is 3. The third kappa shape index (κ3) is 3.35. The van der Waals surface area contributed by atoms with Gasteiger partial charge in [0.05, 0.1) is 11.2 Å². The van der Waals surface area contributed by atoms with Gasteiger partial charge < -0.3 is 19.3 Å². The molecule has 3 aliphatic rings. The summed E-state index contributed by atoms with van der Waals surface area (Å²) in [6.07, 6.45) is 6.94. The van der Waals surface area contributed by atoms with Crippen molar-refractivity contribution in [3.05, 3.63) is 41.1 Å². The van der Waals surface area contributed by atoms with Gasteiger partial charge in [0.2, 0.25) is 0 Å². The molecule has 0 aromatic carbocycles. The summed E-state index contributed by atoms with van der Waals surface area (Å²) in [4.78, 5) is 24.2. The van der Waals surface area contributed by atoms with Gasteiger partial charge in [-0.3, -0.25) is 0 Å². The van der Waals surface area contributed by atoms with Crippen molar-refractivity contribution in [3.63, 3.8) is 0 Å². The lowest BCUT2D eigenvalue weighted by atomic mass is 9.87. The van der Waals surface area contributed by atoms with Crippen LogP contribution in [0.15, 0.2) is 34.6 Å². The number of ether oxygens (including phenoxy) is 3. The zero-order valence-corrected chi connectivity index (χ0v) is 15.6. The lowest BCUT2D eigenvalue weighted by Crippen LogP contribution is -2.38. The number of carbonyl (C=O) groups excluding carboxylic acids is 2. The van der Waals surface area contributed by atoms with E-state index < -0.39 is 23.3 Å². The summed E-state index contributed by atoms with van der Waals surface area (Å²) in [6, 6.07) is 0. The predicted molar refractivity (Wildman–Crippen MR) is 93.3 cm³/mol. The second-order valence-electron chi connectivity index (χ2n) is 7.44. The quantitative estimate of drug-likeness (QED) is 0.615. The molecular formula is C20H25O6. The van der Waals surface area contributed by atoms with E-state index in [0.717, 1.165) is 0 Å². The standard InChI is InChI=1S/C20H25O6/c1-5-12(2)17(21)24-11-15-14-7-6-13(3)20(23)9-8-19(4,26-20)10-16(14)25-18(15)22/h5,7,10,13,23H,6,8-9,11H2,1-4H3/b12-5+,16-10+/t13-,19?,20?/m1/s1. The fourth-order valence-electron chi connectivity index (χ4n) is 3.45. The van der Waals surface area contributed by atoms with E-state index in [1.807, 2.05) is 20.3 Å². The maximum Gasteiger partial charge on any atom is 0.343 e. The lowest BCUT2D eigenvalue weighted by Gasteiger charge is -2.31. The predicted octanol–water partition coefficient (Wildman–Crippen LogP) is 2.73. The molecule has 6 heteroatoms. The van der Waals surface area contributed by atoms with Gasteiger partial charge in [0.25, 0.3) is 0 Å². The first-order valence-corrected chi connectivity index (χ1v) is 8.92. The number of hydrogen-bond donors (Lipinski definition) is 1. The van der Waals surface area contributed by atoms with Crippen LogP contribution in [-0.4, -0.2) is 35.0 Å². The van der Waals surface area contributed by atoms with E-state index >= 15 is 0 Å². The van der Waals surface area contributed by atoms with Crippen molar-refractivity contribution >= 4 is 11.9 Å². The Hall–Kier alpha value is -1.92. The van der Waals surface area contributed by atoms with Gasteiger partial charge in [-0.15, -0.1) is 0 Å². The van der Waals surface area contributed by atoms with E-state index in [1.165, 1.54) is 0 Å². The molecular weight excluding hydrogens is 336 g/mol. The Morgan fingerprint density at radius 3 is 2.88 bits per heavy atom. The second-order valence-corrected chi connectivity index (χ2v) is 7.44. The van der Waals surface area contributed by atoms with Crippen molar-refractivity contribution in [3.8, 4) is 0 Å². The van der Waals surface area contributed by atoms with Crippen molar-refractivity contribution in [2.24, 2.45) is 5.92 Å². The van der Waals surface area contributed by atoms with E-state index in [2.05, 4.69) is 0 Å². The molecule has 2 bridgehead atoms. The van der Waals surface area contributed by atoms with Crippen LogP contribution in [0.2, 0.25) is 0 Å². The summed E-state index contributed by atoms with van der Waals surface area (Å²) in [7, 11) is 0. The Balaban J connectivity index is 1.91. The first kappa shape index (κ1) is 18.9. The monoisotopic (exact) mass is 361 g/mol. The van der Waals surface area contributed by atoms with Gasteiger partial charge >= 0.3 is 11.9 Å². The summed E-state index contributed by atoms with van der Waals surface area (Å²) in [5.41, 5.74) is 0.698. The van der Waals surface area contributed by atoms with E-state index in [4.69, 9.17) is 14.2 Å². The molecule has 1 N–H and O–H groups in total. The molecule has 0 aliphatic carbocycles. The first-order chi connectivity index (χ1) is 12.2. The highest BCUT2D eigenvalue weighted by Crippen LogP contribution is 2.46. The number of allylic oxidation sites excluding steroid dienone is 2. The number of esters is 2. The topological polar surface area (TPSA) is 82.1 Å². The fourth-order valence-corrected chi connectivity index (χ4v) is 3.45. The van der Waals surface area contributed by atoms with E-state index in [1.54, 1.807) is 26.0 Å². The fraction of sp³-hybridized carbons (Fsp3) is 0.550. The smallest absolute Gasteiger partial charge is 0.343 e. The summed E-state index contributed by atoms with van der Waals surface area (Å²) >= 11 is 0. The average molecular weight is 361 g/mol. The largest absolute Gasteiger partial charge is 0.457 e.